The normalized spacial score (nSPS) is 18.2. The first-order valence-corrected chi connectivity index (χ1v) is 6.57. The van der Waals surface area contributed by atoms with Gasteiger partial charge in [0.05, 0.1) is 0 Å². The largest absolute Gasteiger partial charge is 0.283 e. The van der Waals surface area contributed by atoms with Crippen molar-refractivity contribution < 1.29 is 9.59 Å². The lowest BCUT2D eigenvalue weighted by Gasteiger charge is -2.28. The number of rotatable bonds is 6. The first kappa shape index (κ1) is 13.5. The molecule has 1 fully saturated rings. The predicted octanol–water partition coefficient (Wildman–Crippen LogP) is 2.57. The number of imide groups is 1. The number of piperidine rings is 1. The third-order valence-electron chi connectivity index (χ3n) is 2.91. The third kappa shape index (κ3) is 4.12. The Balaban J connectivity index is 2.25. The van der Waals surface area contributed by atoms with Crippen molar-refractivity contribution >= 4 is 23.4 Å². The third-order valence-corrected chi connectivity index (χ3v) is 3.18. The second-order valence-corrected chi connectivity index (χ2v) is 4.93. The summed E-state index contributed by atoms with van der Waals surface area (Å²) in [5.74, 6) is 0.911. The molecule has 0 bridgehead atoms. The molecule has 1 aliphatic rings. The van der Waals surface area contributed by atoms with Gasteiger partial charge in [-0.2, -0.15) is 0 Å². The summed E-state index contributed by atoms with van der Waals surface area (Å²) in [6.07, 6.45) is 5.08. The van der Waals surface area contributed by atoms with Crippen molar-refractivity contribution in [2.75, 3.05) is 12.4 Å². The van der Waals surface area contributed by atoms with E-state index in [9.17, 15) is 9.59 Å². The van der Waals surface area contributed by atoms with Gasteiger partial charge in [0.15, 0.2) is 0 Å². The molecule has 3 nitrogen and oxygen atoms in total. The lowest BCUT2D eigenvalue weighted by molar-refractivity contribution is -0.149. The van der Waals surface area contributed by atoms with Crippen LogP contribution in [0.15, 0.2) is 0 Å². The summed E-state index contributed by atoms with van der Waals surface area (Å²) >= 11 is 5.57. The van der Waals surface area contributed by atoms with Crippen LogP contribution in [0.3, 0.4) is 0 Å². The average Bonchev–Trinajstić information content (AvgIpc) is 2.20. The Morgan fingerprint density at radius 2 is 1.69 bits per heavy atom. The number of nitrogens with zero attached hydrogens (tertiary/aromatic N) is 1. The predicted molar refractivity (Wildman–Crippen MR) is 64.3 cm³/mol. The van der Waals surface area contributed by atoms with E-state index in [1.807, 2.05) is 6.92 Å². The summed E-state index contributed by atoms with van der Waals surface area (Å²) in [7, 11) is 0. The Morgan fingerprint density at radius 1 is 1.12 bits per heavy atom. The fraction of sp³-hybridized carbons (Fsp3) is 0.833. The van der Waals surface area contributed by atoms with Crippen LogP contribution in [0.25, 0.3) is 0 Å². The highest BCUT2D eigenvalue weighted by Crippen LogP contribution is 2.19. The quantitative estimate of drug-likeness (QED) is 0.410. The molecule has 0 unspecified atom stereocenters. The van der Waals surface area contributed by atoms with E-state index in [0.29, 0.717) is 25.3 Å². The van der Waals surface area contributed by atoms with Crippen molar-refractivity contribution in [2.45, 2.75) is 45.4 Å². The molecule has 0 radical (unpaired) electrons. The topological polar surface area (TPSA) is 37.4 Å². The van der Waals surface area contributed by atoms with E-state index >= 15 is 0 Å². The number of alkyl halides is 1. The van der Waals surface area contributed by atoms with Crippen LogP contribution >= 0.6 is 11.6 Å². The Kier molecular flexibility index (Phi) is 5.81. The van der Waals surface area contributed by atoms with Gasteiger partial charge in [0.25, 0.3) is 0 Å². The number of unbranched alkanes of at least 4 members (excludes halogenated alkanes) is 3. The number of likely N-dealkylation sites (tertiary alicyclic amines) is 1. The summed E-state index contributed by atoms with van der Waals surface area (Å²) < 4.78 is 0. The van der Waals surface area contributed by atoms with Gasteiger partial charge in [0.1, 0.15) is 0 Å². The smallest absolute Gasteiger partial charge is 0.229 e. The molecule has 2 amide bonds. The molecule has 1 aliphatic heterocycles. The molecule has 0 aromatic carbocycles. The molecule has 0 N–H and O–H groups in total. The Bertz CT molecular complexity index is 237. The average molecular weight is 246 g/mol. The van der Waals surface area contributed by atoms with Crippen molar-refractivity contribution in [3.05, 3.63) is 0 Å². The van der Waals surface area contributed by atoms with Gasteiger partial charge in [-0.15, -0.1) is 11.6 Å². The molecule has 0 spiro atoms. The van der Waals surface area contributed by atoms with Gasteiger partial charge in [-0.1, -0.05) is 19.8 Å². The number of halogens is 1. The Morgan fingerprint density at radius 3 is 2.25 bits per heavy atom. The molecule has 1 heterocycles. The molecule has 1 rings (SSSR count). The maximum absolute atomic E-state index is 11.6. The molecular formula is C12H20ClNO2. The van der Waals surface area contributed by atoms with Crippen LogP contribution in [0.4, 0.5) is 0 Å². The van der Waals surface area contributed by atoms with Crippen molar-refractivity contribution in [1.29, 1.82) is 0 Å². The molecule has 16 heavy (non-hydrogen) atoms. The van der Waals surface area contributed by atoms with E-state index in [1.54, 1.807) is 0 Å². The van der Waals surface area contributed by atoms with Crippen molar-refractivity contribution in [3.63, 3.8) is 0 Å². The van der Waals surface area contributed by atoms with Crippen LogP contribution < -0.4 is 0 Å². The Labute approximate surface area is 102 Å². The van der Waals surface area contributed by atoms with Crippen molar-refractivity contribution in [2.24, 2.45) is 5.92 Å². The van der Waals surface area contributed by atoms with Gasteiger partial charge < -0.3 is 0 Å². The number of hydrogen-bond acceptors (Lipinski definition) is 2. The van der Waals surface area contributed by atoms with E-state index in [1.165, 1.54) is 4.90 Å². The van der Waals surface area contributed by atoms with Crippen LogP contribution in [0.1, 0.15) is 45.4 Å². The lowest BCUT2D eigenvalue weighted by Crippen LogP contribution is -2.43. The maximum atomic E-state index is 11.6. The van der Waals surface area contributed by atoms with E-state index in [2.05, 4.69) is 0 Å². The van der Waals surface area contributed by atoms with Crippen LogP contribution in [-0.2, 0) is 9.59 Å². The molecule has 0 aromatic rings. The summed E-state index contributed by atoms with van der Waals surface area (Å²) in [5.41, 5.74) is 0. The molecule has 0 aliphatic carbocycles. The molecule has 0 saturated carbocycles. The van der Waals surface area contributed by atoms with Crippen molar-refractivity contribution in [3.8, 4) is 0 Å². The van der Waals surface area contributed by atoms with Crippen molar-refractivity contribution in [1.82, 2.24) is 4.90 Å². The zero-order valence-electron chi connectivity index (χ0n) is 9.88. The van der Waals surface area contributed by atoms with E-state index in [4.69, 9.17) is 11.6 Å². The zero-order chi connectivity index (χ0) is 12.0. The zero-order valence-corrected chi connectivity index (χ0v) is 10.6. The minimum atomic E-state index is 0.00101. The highest BCUT2D eigenvalue weighted by Gasteiger charge is 2.29. The van der Waals surface area contributed by atoms with Gasteiger partial charge in [0.2, 0.25) is 11.8 Å². The number of amides is 2. The summed E-state index contributed by atoms with van der Waals surface area (Å²) in [6.45, 7) is 2.54. The minimum absolute atomic E-state index is 0.00101. The summed E-state index contributed by atoms with van der Waals surface area (Å²) in [5, 5.41) is 0. The molecule has 1 saturated heterocycles. The van der Waals surface area contributed by atoms with Gasteiger partial charge in [-0.25, -0.2) is 0 Å². The number of carbonyl (C=O) groups excluding carboxylic acids is 2. The maximum Gasteiger partial charge on any atom is 0.229 e. The monoisotopic (exact) mass is 245 g/mol. The van der Waals surface area contributed by atoms with Crippen LogP contribution in [0.5, 0.6) is 0 Å². The fourth-order valence-corrected chi connectivity index (χ4v) is 2.18. The fourth-order valence-electron chi connectivity index (χ4n) is 2.00. The van der Waals surface area contributed by atoms with Crippen LogP contribution in [-0.4, -0.2) is 29.1 Å². The number of hydrogen-bond donors (Lipinski definition) is 0. The molecule has 0 atom stereocenters. The second kappa shape index (κ2) is 6.89. The highest BCUT2D eigenvalue weighted by molar-refractivity contribution is 6.17. The Hall–Kier alpha value is -0.570. The van der Waals surface area contributed by atoms with E-state index in [0.717, 1.165) is 25.7 Å². The molecule has 92 valence electrons. The lowest BCUT2D eigenvalue weighted by atomic mass is 9.97. The standard InChI is InChI=1S/C12H20ClNO2/c1-10-8-11(15)14(12(16)9-10)7-5-3-2-4-6-13/h10H,2-9H2,1H3. The van der Waals surface area contributed by atoms with Crippen LogP contribution in [0.2, 0.25) is 0 Å². The number of carbonyl (C=O) groups is 2. The first-order chi connectivity index (χ1) is 7.65. The molecular weight excluding hydrogens is 226 g/mol. The molecule has 4 heteroatoms. The van der Waals surface area contributed by atoms with E-state index < -0.39 is 0 Å². The van der Waals surface area contributed by atoms with Crippen LogP contribution in [0, 0.1) is 5.92 Å². The summed E-state index contributed by atoms with van der Waals surface area (Å²) in [6, 6.07) is 0. The molecule has 0 aromatic heterocycles. The highest BCUT2D eigenvalue weighted by atomic mass is 35.5. The minimum Gasteiger partial charge on any atom is -0.283 e. The van der Waals surface area contributed by atoms with Gasteiger partial charge in [0, 0.05) is 25.3 Å². The first-order valence-electron chi connectivity index (χ1n) is 6.04. The SMILES string of the molecule is CC1CC(=O)N(CCCCCCCl)C(=O)C1. The second-order valence-electron chi connectivity index (χ2n) is 4.56. The van der Waals surface area contributed by atoms with Gasteiger partial charge in [-0.3, -0.25) is 14.5 Å². The van der Waals surface area contributed by atoms with Gasteiger partial charge in [-0.05, 0) is 18.8 Å². The van der Waals surface area contributed by atoms with Gasteiger partial charge >= 0.3 is 0 Å². The van der Waals surface area contributed by atoms with E-state index in [-0.39, 0.29) is 17.7 Å². The summed E-state index contributed by atoms with van der Waals surface area (Å²) in [4.78, 5) is 24.7.